The first-order chi connectivity index (χ1) is 13.1. The number of quaternary nitrogens is 1. The first kappa shape index (κ1) is 19.9. The predicted molar refractivity (Wildman–Crippen MR) is 106 cm³/mol. The third kappa shape index (κ3) is 4.89. The molecule has 5 heteroatoms. The summed E-state index contributed by atoms with van der Waals surface area (Å²) >= 11 is 0. The standard InChI is InChI=1S/C22H32N2O3/c1-3-4-5-6-15-27-19-9-7-18(8-10-19)24-21(25)16-20(22(24)26)23-13-11-17(2)12-14-23/h7-10,17,20H,3-6,11-16H2,1-2H3/p+1/t20-/m0/s1. The molecule has 2 fully saturated rings. The van der Waals surface area contributed by atoms with E-state index in [1.165, 1.54) is 29.1 Å². The maximum Gasteiger partial charge on any atom is 0.292 e. The molecule has 2 saturated heterocycles. The molecule has 2 heterocycles. The minimum atomic E-state index is -0.209. The highest BCUT2D eigenvalue weighted by atomic mass is 16.5. The van der Waals surface area contributed by atoms with Crippen molar-refractivity contribution < 1.29 is 19.2 Å². The van der Waals surface area contributed by atoms with Crippen LogP contribution in [0, 0.1) is 5.92 Å². The molecule has 1 aromatic carbocycles. The molecule has 3 rings (SSSR count). The topological polar surface area (TPSA) is 51.0 Å². The lowest BCUT2D eigenvalue weighted by atomic mass is 9.97. The Morgan fingerprint density at radius 3 is 2.44 bits per heavy atom. The van der Waals surface area contributed by atoms with Gasteiger partial charge in [0.2, 0.25) is 5.91 Å². The lowest BCUT2D eigenvalue weighted by molar-refractivity contribution is -0.920. The number of nitrogens with zero attached hydrogens (tertiary/aromatic N) is 1. The van der Waals surface area contributed by atoms with E-state index >= 15 is 0 Å². The van der Waals surface area contributed by atoms with Gasteiger partial charge in [0.1, 0.15) is 5.75 Å². The number of unbranched alkanes of at least 4 members (excludes halogenated alkanes) is 3. The van der Waals surface area contributed by atoms with E-state index in [0.29, 0.717) is 18.7 Å². The number of rotatable bonds is 8. The highest BCUT2D eigenvalue weighted by Crippen LogP contribution is 2.25. The third-order valence-corrected chi connectivity index (χ3v) is 5.92. The molecule has 0 bridgehead atoms. The summed E-state index contributed by atoms with van der Waals surface area (Å²) in [6, 6.07) is 7.16. The van der Waals surface area contributed by atoms with E-state index in [1.54, 1.807) is 0 Å². The molecule has 0 spiro atoms. The second-order valence-electron chi connectivity index (χ2n) is 8.07. The Morgan fingerprint density at radius 2 is 1.78 bits per heavy atom. The van der Waals surface area contributed by atoms with Crippen LogP contribution < -0.4 is 14.5 Å². The summed E-state index contributed by atoms with van der Waals surface area (Å²) < 4.78 is 5.76. The van der Waals surface area contributed by atoms with Gasteiger partial charge in [-0.2, -0.15) is 0 Å². The zero-order chi connectivity index (χ0) is 19.2. The molecular weight excluding hydrogens is 340 g/mol. The first-order valence-electron chi connectivity index (χ1n) is 10.5. The van der Waals surface area contributed by atoms with E-state index in [9.17, 15) is 9.59 Å². The molecule has 0 aliphatic carbocycles. The number of carbonyl (C=O) groups is 2. The number of piperidine rings is 1. The summed E-state index contributed by atoms with van der Waals surface area (Å²) in [7, 11) is 0. The summed E-state index contributed by atoms with van der Waals surface area (Å²) in [5.41, 5.74) is 0.663. The van der Waals surface area contributed by atoms with E-state index in [0.717, 1.165) is 44.0 Å². The Balaban J connectivity index is 1.57. The summed E-state index contributed by atoms with van der Waals surface area (Å²) in [6.45, 7) is 7.14. The van der Waals surface area contributed by atoms with Crippen LogP contribution in [0.2, 0.25) is 0 Å². The van der Waals surface area contributed by atoms with Crippen molar-refractivity contribution in [3.63, 3.8) is 0 Å². The van der Waals surface area contributed by atoms with Crippen molar-refractivity contribution in [2.45, 2.75) is 64.8 Å². The van der Waals surface area contributed by atoms with Gasteiger partial charge in [-0.3, -0.25) is 9.59 Å². The molecule has 5 nitrogen and oxygen atoms in total. The van der Waals surface area contributed by atoms with Crippen molar-refractivity contribution in [3.05, 3.63) is 24.3 Å². The number of imide groups is 1. The van der Waals surface area contributed by atoms with Crippen LogP contribution in [-0.2, 0) is 9.59 Å². The van der Waals surface area contributed by atoms with Crippen molar-refractivity contribution in [3.8, 4) is 5.75 Å². The van der Waals surface area contributed by atoms with Gasteiger partial charge < -0.3 is 9.64 Å². The van der Waals surface area contributed by atoms with Gasteiger partial charge in [0, 0.05) is 0 Å². The summed E-state index contributed by atoms with van der Waals surface area (Å²) in [5.74, 6) is 1.40. The molecule has 0 saturated carbocycles. The fourth-order valence-electron chi connectivity index (χ4n) is 4.11. The van der Waals surface area contributed by atoms with Crippen molar-refractivity contribution in [1.29, 1.82) is 0 Å². The van der Waals surface area contributed by atoms with Crippen molar-refractivity contribution in [2.75, 3.05) is 24.6 Å². The van der Waals surface area contributed by atoms with E-state index in [1.807, 2.05) is 24.3 Å². The lowest BCUT2D eigenvalue weighted by Gasteiger charge is -2.30. The van der Waals surface area contributed by atoms with Crippen LogP contribution in [-0.4, -0.2) is 37.6 Å². The highest BCUT2D eigenvalue weighted by Gasteiger charge is 2.46. The predicted octanol–water partition coefficient (Wildman–Crippen LogP) is 2.59. The SMILES string of the molecule is CCCCCCOc1ccc(N2C(=O)C[C@H]([NH+]3CCC(C)CC3)C2=O)cc1. The van der Waals surface area contributed by atoms with E-state index < -0.39 is 0 Å². The Labute approximate surface area is 162 Å². The zero-order valence-corrected chi connectivity index (χ0v) is 16.7. The molecular formula is C22H33N2O3+. The lowest BCUT2D eigenvalue weighted by Crippen LogP contribution is -3.17. The van der Waals surface area contributed by atoms with E-state index in [4.69, 9.17) is 4.74 Å². The summed E-state index contributed by atoms with van der Waals surface area (Å²) in [4.78, 5) is 28.1. The van der Waals surface area contributed by atoms with Gasteiger partial charge in [0.05, 0.1) is 31.8 Å². The minimum Gasteiger partial charge on any atom is -0.494 e. The smallest absolute Gasteiger partial charge is 0.292 e. The normalized spacial score (nSPS) is 25.9. The molecule has 1 atom stereocenters. The van der Waals surface area contributed by atoms with Crippen LogP contribution in [0.15, 0.2) is 24.3 Å². The van der Waals surface area contributed by atoms with Crippen molar-refractivity contribution in [2.24, 2.45) is 5.92 Å². The zero-order valence-electron chi connectivity index (χ0n) is 16.7. The van der Waals surface area contributed by atoms with Gasteiger partial charge in [0.15, 0.2) is 6.04 Å². The van der Waals surface area contributed by atoms with Gasteiger partial charge in [-0.1, -0.05) is 33.1 Å². The number of nitrogens with one attached hydrogen (secondary N) is 1. The Kier molecular flexibility index (Phi) is 6.89. The molecule has 0 radical (unpaired) electrons. The molecule has 0 aromatic heterocycles. The van der Waals surface area contributed by atoms with E-state index in [-0.39, 0.29) is 17.9 Å². The quantitative estimate of drug-likeness (QED) is 0.563. The number of ether oxygens (including phenoxy) is 1. The van der Waals surface area contributed by atoms with Gasteiger partial charge in [-0.15, -0.1) is 0 Å². The van der Waals surface area contributed by atoms with Gasteiger partial charge >= 0.3 is 0 Å². The van der Waals surface area contributed by atoms with Gasteiger partial charge in [-0.05, 0) is 49.4 Å². The fraction of sp³-hybridized carbons (Fsp3) is 0.636. The number of benzene rings is 1. The maximum atomic E-state index is 12.9. The average molecular weight is 374 g/mol. The first-order valence-corrected chi connectivity index (χ1v) is 10.5. The van der Waals surface area contributed by atoms with Crippen LogP contribution in [0.3, 0.4) is 0 Å². The molecule has 0 unspecified atom stereocenters. The fourth-order valence-corrected chi connectivity index (χ4v) is 4.11. The van der Waals surface area contributed by atoms with Crippen LogP contribution >= 0.6 is 0 Å². The average Bonchev–Trinajstić information content (AvgIpc) is 2.97. The molecule has 148 valence electrons. The van der Waals surface area contributed by atoms with Crippen LogP contribution in [0.5, 0.6) is 5.75 Å². The van der Waals surface area contributed by atoms with Crippen LogP contribution in [0.4, 0.5) is 5.69 Å². The number of likely N-dealkylation sites (tertiary alicyclic amines) is 1. The Morgan fingerprint density at radius 1 is 1.07 bits per heavy atom. The van der Waals surface area contributed by atoms with Crippen LogP contribution in [0.25, 0.3) is 0 Å². The molecule has 1 aromatic rings. The largest absolute Gasteiger partial charge is 0.494 e. The van der Waals surface area contributed by atoms with Crippen molar-refractivity contribution in [1.82, 2.24) is 0 Å². The Hall–Kier alpha value is -1.88. The third-order valence-electron chi connectivity index (χ3n) is 5.92. The maximum absolute atomic E-state index is 12.9. The van der Waals surface area contributed by atoms with E-state index in [2.05, 4.69) is 13.8 Å². The second-order valence-corrected chi connectivity index (χ2v) is 8.07. The molecule has 2 aliphatic rings. The number of hydrogen-bond acceptors (Lipinski definition) is 3. The number of amides is 2. The number of anilines is 1. The highest BCUT2D eigenvalue weighted by molar-refractivity contribution is 6.21. The van der Waals surface area contributed by atoms with Crippen molar-refractivity contribution >= 4 is 17.5 Å². The van der Waals surface area contributed by atoms with Crippen LogP contribution in [0.1, 0.15) is 58.8 Å². The summed E-state index contributed by atoms with van der Waals surface area (Å²) in [5, 5.41) is 0. The molecule has 2 aliphatic heterocycles. The molecule has 27 heavy (non-hydrogen) atoms. The number of carbonyl (C=O) groups excluding carboxylic acids is 2. The van der Waals surface area contributed by atoms with Gasteiger partial charge in [0.25, 0.3) is 5.91 Å². The summed E-state index contributed by atoms with van der Waals surface area (Å²) in [6.07, 6.45) is 7.29. The van der Waals surface area contributed by atoms with Gasteiger partial charge in [-0.25, -0.2) is 4.90 Å². The second kappa shape index (κ2) is 9.36. The molecule has 1 N–H and O–H groups in total. The monoisotopic (exact) mass is 373 g/mol. The minimum absolute atomic E-state index is 0.0437. The molecule has 2 amide bonds. The Bertz CT molecular complexity index is 635. The number of hydrogen-bond donors (Lipinski definition) is 1.